The number of hydrogen-bond donors (Lipinski definition) is 1. The van der Waals surface area contributed by atoms with E-state index >= 15 is 0 Å². The lowest BCUT2D eigenvalue weighted by Gasteiger charge is -2.29. The van der Waals surface area contributed by atoms with Crippen LogP contribution in [0.4, 0.5) is 17.3 Å². The number of aromatic nitrogens is 12. The summed E-state index contributed by atoms with van der Waals surface area (Å²) in [6, 6.07) is 90.2. The molecule has 0 fully saturated rings. The maximum Gasteiger partial charge on any atom is 0.198 e. The highest BCUT2D eigenvalue weighted by molar-refractivity contribution is 6.13. The Balaban J connectivity index is 0.000000142. The van der Waals surface area contributed by atoms with Gasteiger partial charge in [-0.15, -0.1) is 0 Å². The highest BCUT2D eigenvalue weighted by Crippen LogP contribution is 2.55. The third-order valence-electron chi connectivity index (χ3n) is 22.1. The van der Waals surface area contributed by atoms with Gasteiger partial charge in [0.1, 0.15) is 17.8 Å². The number of anilines is 3. The summed E-state index contributed by atoms with van der Waals surface area (Å²) in [7, 11) is 0. The number of nitrogens with one attached hydrogen (secondary N) is 1. The number of benzene rings is 10. The zero-order valence-electron chi connectivity index (χ0n) is 59.1. The van der Waals surface area contributed by atoms with Crippen molar-refractivity contribution >= 4 is 61.7 Å². The lowest BCUT2D eigenvalue weighted by Crippen LogP contribution is -2.24. The molecule has 8 heterocycles. The van der Waals surface area contributed by atoms with Crippen molar-refractivity contribution in [2.45, 2.75) is 50.6 Å². The third-order valence-corrected chi connectivity index (χ3v) is 22.1. The van der Waals surface area contributed by atoms with Gasteiger partial charge in [0.2, 0.25) is 0 Å². The molecule has 3 aliphatic carbocycles. The fourth-order valence-electron chi connectivity index (χ4n) is 16.9. The Hall–Kier alpha value is -13.7. The number of nitrogens with zero attached hydrogens (tertiary/aromatic N) is 13. The van der Waals surface area contributed by atoms with Crippen molar-refractivity contribution in [2.75, 3.05) is 10.2 Å². The molecule has 3 atom stereocenters. The summed E-state index contributed by atoms with van der Waals surface area (Å²) >= 11 is 0. The van der Waals surface area contributed by atoms with E-state index in [0.29, 0.717) is 51.9 Å². The molecule has 4 aliphatic rings. The summed E-state index contributed by atoms with van der Waals surface area (Å²) in [4.78, 5) is 51.6. The number of pyridine rings is 2. The van der Waals surface area contributed by atoms with E-state index < -0.39 is 0 Å². The van der Waals surface area contributed by atoms with Gasteiger partial charge in [0, 0.05) is 98.6 Å². The predicted molar refractivity (Wildman–Crippen MR) is 429 cm³/mol. The predicted octanol–water partition coefficient (Wildman–Crippen LogP) is 21.2. The number of imidazole rings is 2. The number of rotatable bonds is 10. The lowest BCUT2D eigenvalue weighted by atomic mass is 9.74. The maximum absolute atomic E-state index is 5.61. The molecular formula is C93H68N14. The monoisotopic (exact) mass is 1380 g/mol. The Kier molecular flexibility index (Phi) is 14.7. The first-order valence-electron chi connectivity index (χ1n) is 36.3. The van der Waals surface area contributed by atoms with E-state index in [-0.39, 0.29) is 17.0 Å². The van der Waals surface area contributed by atoms with Crippen molar-refractivity contribution in [1.82, 2.24) is 59.0 Å². The van der Waals surface area contributed by atoms with Crippen LogP contribution >= 0.6 is 0 Å². The normalized spacial score (nSPS) is 16.1. The molecule has 510 valence electrons. The van der Waals surface area contributed by atoms with Crippen molar-refractivity contribution in [3.8, 4) is 90.0 Å². The first kappa shape index (κ1) is 63.0. The molecule has 14 nitrogen and oxygen atoms in total. The summed E-state index contributed by atoms with van der Waals surface area (Å²) in [6.07, 6.45) is 18.9. The molecule has 3 unspecified atom stereocenters. The van der Waals surface area contributed by atoms with Crippen LogP contribution in [0.1, 0.15) is 67.6 Å². The Labute approximate surface area is 618 Å². The average molecular weight is 1380 g/mol. The highest BCUT2D eigenvalue weighted by atomic mass is 15.4. The topological polar surface area (TPSA) is 154 Å². The Morgan fingerprint density at radius 3 is 1.44 bits per heavy atom. The molecule has 0 bridgehead atoms. The Morgan fingerprint density at radius 2 is 0.850 bits per heavy atom. The molecule has 107 heavy (non-hydrogen) atoms. The van der Waals surface area contributed by atoms with Gasteiger partial charge >= 0.3 is 0 Å². The number of hydrogen-bond acceptors (Lipinski definition) is 12. The van der Waals surface area contributed by atoms with Gasteiger partial charge in [-0.05, 0) is 151 Å². The van der Waals surface area contributed by atoms with Gasteiger partial charge in [-0.3, -0.25) is 14.0 Å². The summed E-state index contributed by atoms with van der Waals surface area (Å²) in [6.45, 7) is 9.48. The molecule has 0 saturated heterocycles. The second-order valence-corrected chi connectivity index (χ2v) is 28.9. The van der Waals surface area contributed by atoms with Crippen LogP contribution in [0.25, 0.3) is 134 Å². The van der Waals surface area contributed by atoms with Crippen LogP contribution < -0.4 is 10.2 Å². The van der Waals surface area contributed by atoms with Crippen LogP contribution in [0.3, 0.4) is 0 Å². The molecule has 7 aromatic heterocycles. The molecular weight excluding hydrogens is 1310 g/mol. The van der Waals surface area contributed by atoms with E-state index in [1.807, 2.05) is 88.0 Å². The van der Waals surface area contributed by atoms with Crippen LogP contribution in [0.2, 0.25) is 0 Å². The van der Waals surface area contributed by atoms with Gasteiger partial charge < -0.3 is 5.32 Å². The van der Waals surface area contributed by atoms with Gasteiger partial charge in [0.25, 0.3) is 0 Å². The average Bonchev–Trinajstić information content (AvgIpc) is 1.58. The highest BCUT2D eigenvalue weighted by Gasteiger charge is 2.45. The van der Waals surface area contributed by atoms with E-state index in [0.717, 1.165) is 95.0 Å². The van der Waals surface area contributed by atoms with Gasteiger partial charge in [-0.1, -0.05) is 228 Å². The second kappa shape index (κ2) is 25.0. The molecule has 1 aliphatic heterocycles. The Morgan fingerprint density at radius 1 is 0.364 bits per heavy atom. The van der Waals surface area contributed by atoms with Gasteiger partial charge in [0.15, 0.2) is 34.2 Å². The van der Waals surface area contributed by atoms with Crippen LogP contribution in [0, 0.1) is 5.92 Å². The molecule has 1 N–H and O–H groups in total. The zero-order valence-corrected chi connectivity index (χ0v) is 59.1. The maximum atomic E-state index is 5.61. The molecule has 14 heteroatoms. The van der Waals surface area contributed by atoms with Gasteiger partial charge in [0.05, 0.1) is 22.4 Å². The van der Waals surface area contributed by atoms with E-state index in [1.165, 1.54) is 44.5 Å². The molecule has 0 saturated carbocycles. The van der Waals surface area contributed by atoms with Crippen LogP contribution in [-0.2, 0) is 10.8 Å². The van der Waals surface area contributed by atoms with Crippen molar-refractivity contribution in [2.24, 2.45) is 5.92 Å². The quantitative estimate of drug-likeness (QED) is 0.130. The van der Waals surface area contributed by atoms with E-state index in [1.54, 1.807) is 37.2 Å². The second-order valence-electron chi connectivity index (χ2n) is 28.9. The fraction of sp³-hybridized carbons (Fsp3) is 0.0968. The first-order valence-corrected chi connectivity index (χ1v) is 36.3. The minimum atomic E-state index is -0.375. The zero-order chi connectivity index (χ0) is 71.5. The molecule has 0 spiro atoms. The smallest absolute Gasteiger partial charge is 0.198 e. The number of fused-ring (bicyclic) bond motifs is 12. The Bertz CT molecular complexity index is 6310. The van der Waals surface area contributed by atoms with Crippen LogP contribution in [0.15, 0.2) is 316 Å². The number of allylic oxidation sites excluding steroid dienone is 4. The van der Waals surface area contributed by atoms with Crippen molar-refractivity contribution < 1.29 is 0 Å². The van der Waals surface area contributed by atoms with Gasteiger partial charge in [-0.2, -0.15) is 0 Å². The SMILES string of the molecule is CC1(C)c2ccccc2-c2ccc(-c3cc(-c4ccccc4)c4ccc5c(-c6ccccc6)cc(-c6ccc7c(c6)C(C)(C)C6C=CC=CC76)nc5c4n3)cc21.c1ccc(N2c3nccnc3NC2c2cc(-c3nc4nccnc4n3-c3ccccc3)cc(-c3nc4nccnc4n3-c3ccccc3)c2)cc1. The van der Waals surface area contributed by atoms with Crippen LogP contribution in [-0.4, -0.2) is 59.0 Å². The lowest BCUT2D eigenvalue weighted by molar-refractivity contribution is 0.394. The third kappa shape index (κ3) is 10.4. The number of para-hydroxylation sites is 3. The van der Waals surface area contributed by atoms with Crippen molar-refractivity contribution in [3.05, 3.63) is 344 Å². The molecule has 0 radical (unpaired) electrons. The molecule has 0 amide bonds. The first-order chi connectivity index (χ1) is 52.6. The summed E-state index contributed by atoms with van der Waals surface area (Å²) < 4.78 is 4.09. The van der Waals surface area contributed by atoms with E-state index in [2.05, 4.69) is 253 Å². The van der Waals surface area contributed by atoms with Crippen LogP contribution in [0.5, 0.6) is 0 Å². The van der Waals surface area contributed by atoms with Gasteiger partial charge in [-0.25, -0.2) is 49.8 Å². The fourth-order valence-corrected chi connectivity index (χ4v) is 16.9. The molecule has 17 aromatic rings. The van der Waals surface area contributed by atoms with E-state index in [9.17, 15) is 0 Å². The molecule has 21 rings (SSSR count). The van der Waals surface area contributed by atoms with Crippen molar-refractivity contribution in [1.29, 1.82) is 0 Å². The summed E-state index contributed by atoms with van der Waals surface area (Å²) in [5.41, 5.74) is 26.6. The minimum absolute atomic E-state index is 0.00983. The summed E-state index contributed by atoms with van der Waals surface area (Å²) in [5.74, 6) is 3.64. The summed E-state index contributed by atoms with van der Waals surface area (Å²) in [5, 5.41) is 5.85. The standard InChI is InChI=1S/C54H42N2.C39H26N12/c1-53(2)45-21-13-11-19-37(45)39-25-23-35(29-47(39)53)49-31-43(33-15-7-5-8-16-33)41-27-28-42-44(34-17-9-6-10-18-34)32-50(56-52(42)51(41)55-49)36-24-26-40-38-20-12-14-22-46(38)54(3,4)48(40)30-36;1-4-10-28(11-5-1)49-34(46-31-37(49)43-19-16-40-31)25-22-26(35-47-32-38(44-20-17-41-32)50(35)29-12-6-2-7-13-29)24-27(23-25)36-48-33-39(45-21-18-42-33)51(36)30-14-8-3-9-15-30/h5-32,37,45H,1-4H3;1-24,34H,(H,40,46). The van der Waals surface area contributed by atoms with Crippen molar-refractivity contribution in [3.63, 3.8) is 0 Å². The largest absolute Gasteiger partial charge is 0.343 e. The molecule has 10 aromatic carbocycles. The van der Waals surface area contributed by atoms with E-state index in [4.69, 9.17) is 34.9 Å². The minimum Gasteiger partial charge on any atom is -0.343 e.